The molecular weight excluding hydrogens is 226 g/mol. The molecule has 0 radical (unpaired) electrons. The van der Waals surface area contributed by atoms with Crippen LogP contribution in [0.2, 0.25) is 0 Å². The average Bonchev–Trinajstić information content (AvgIpc) is 2.98. The maximum atomic E-state index is 11.9. The van der Waals surface area contributed by atoms with Crippen molar-refractivity contribution >= 4 is 5.91 Å². The van der Waals surface area contributed by atoms with Gasteiger partial charge in [-0.25, -0.2) is 0 Å². The minimum Gasteiger partial charge on any atom is -0.368 e. The number of hydrogen-bond acceptors (Lipinski definition) is 3. The zero-order valence-corrected chi connectivity index (χ0v) is 11.3. The fraction of sp³-hybridized carbons (Fsp3) is 0.929. The summed E-state index contributed by atoms with van der Waals surface area (Å²) in [4.78, 5) is 14.4. The molecule has 0 aromatic rings. The highest BCUT2D eigenvalue weighted by molar-refractivity contribution is 5.86. The summed E-state index contributed by atoms with van der Waals surface area (Å²) in [5.41, 5.74) is 5.22. The highest BCUT2D eigenvalue weighted by atomic mass is 16.1. The quantitative estimate of drug-likeness (QED) is 0.751. The predicted molar refractivity (Wildman–Crippen MR) is 71.0 cm³/mol. The molecule has 3 atom stereocenters. The number of nitrogens with zero attached hydrogens (tertiary/aromatic N) is 1. The van der Waals surface area contributed by atoms with E-state index in [9.17, 15) is 4.79 Å². The second-order valence-corrected chi connectivity index (χ2v) is 6.51. The third-order valence-electron chi connectivity index (χ3n) is 5.43. The van der Waals surface area contributed by atoms with Gasteiger partial charge in [-0.15, -0.1) is 0 Å². The number of fused-ring (bicyclic) bond motifs is 1. The smallest absolute Gasteiger partial charge is 0.239 e. The van der Waals surface area contributed by atoms with Crippen molar-refractivity contribution in [3.63, 3.8) is 0 Å². The van der Waals surface area contributed by atoms with Crippen LogP contribution in [0.15, 0.2) is 0 Å². The molecule has 4 nitrogen and oxygen atoms in total. The largest absolute Gasteiger partial charge is 0.368 e. The number of amides is 1. The zero-order chi connectivity index (χ0) is 12.8. The van der Waals surface area contributed by atoms with E-state index in [2.05, 4.69) is 10.2 Å². The number of carbonyl (C=O) groups excluding carboxylic acids is 1. The first-order chi connectivity index (χ1) is 8.65. The van der Waals surface area contributed by atoms with E-state index in [1.165, 1.54) is 32.4 Å². The monoisotopic (exact) mass is 251 g/mol. The van der Waals surface area contributed by atoms with E-state index in [1.54, 1.807) is 0 Å². The number of rotatable bonds is 5. The molecule has 3 unspecified atom stereocenters. The molecule has 0 aromatic heterocycles. The highest BCUT2D eigenvalue weighted by Crippen LogP contribution is 2.42. The van der Waals surface area contributed by atoms with Crippen LogP contribution in [-0.2, 0) is 4.79 Å². The van der Waals surface area contributed by atoms with Crippen molar-refractivity contribution in [1.82, 2.24) is 10.2 Å². The van der Waals surface area contributed by atoms with Gasteiger partial charge in [0, 0.05) is 19.6 Å². The summed E-state index contributed by atoms with van der Waals surface area (Å²) in [6.07, 6.45) is 6.45. The number of hydrogen-bond donors (Lipinski definition) is 2. The first-order valence-electron chi connectivity index (χ1n) is 7.37. The van der Waals surface area contributed by atoms with Gasteiger partial charge in [0.1, 0.15) is 5.54 Å². The molecule has 3 rings (SSSR count). The van der Waals surface area contributed by atoms with Crippen LogP contribution in [0.3, 0.4) is 0 Å². The van der Waals surface area contributed by atoms with E-state index in [0.717, 1.165) is 31.2 Å². The van der Waals surface area contributed by atoms with Crippen LogP contribution < -0.4 is 11.1 Å². The molecule has 3 fully saturated rings. The predicted octanol–water partition coefficient (Wildman–Crippen LogP) is 0.572. The SMILES string of the molecule is CNC(CN1CC2CCCC2C1)(C(N)=O)C1CC1. The Bertz CT molecular complexity index is 330. The Morgan fingerprint density at radius 3 is 2.33 bits per heavy atom. The van der Waals surface area contributed by atoms with Gasteiger partial charge in [-0.2, -0.15) is 0 Å². The molecule has 2 aliphatic carbocycles. The number of carbonyl (C=O) groups is 1. The Kier molecular flexibility index (Phi) is 3.10. The van der Waals surface area contributed by atoms with Gasteiger partial charge in [-0.1, -0.05) is 6.42 Å². The standard InChI is InChI=1S/C14H25N3O/c1-16-14(13(15)18,12-5-6-12)9-17-7-10-3-2-4-11(10)8-17/h10-12,16H,2-9H2,1H3,(H2,15,18). The Balaban J connectivity index is 1.68. The van der Waals surface area contributed by atoms with Crippen molar-refractivity contribution in [1.29, 1.82) is 0 Å². The lowest BCUT2D eigenvalue weighted by atomic mass is 9.91. The maximum absolute atomic E-state index is 11.9. The summed E-state index contributed by atoms with van der Waals surface area (Å²) in [7, 11) is 1.89. The second kappa shape index (κ2) is 4.49. The van der Waals surface area contributed by atoms with Crippen LogP contribution in [0.25, 0.3) is 0 Å². The van der Waals surface area contributed by atoms with Gasteiger partial charge in [-0.3, -0.25) is 4.79 Å². The molecule has 0 aromatic carbocycles. The lowest BCUT2D eigenvalue weighted by Crippen LogP contribution is -2.62. The van der Waals surface area contributed by atoms with Gasteiger partial charge in [0.15, 0.2) is 0 Å². The molecule has 4 heteroatoms. The molecule has 2 saturated carbocycles. The van der Waals surface area contributed by atoms with E-state index in [0.29, 0.717) is 5.92 Å². The van der Waals surface area contributed by atoms with E-state index < -0.39 is 5.54 Å². The van der Waals surface area contributed by atoms with Crippen LogP contribution in [0, 0.1) is 17.8 Å². The lowest BCUT2D eigenvalue weighted by Gasteiger charge is -2.34. The number of likely N-dealkylation sites (tertiary alicyclic amines) is 1. The van der Waals surface area contributed by atoms with Crippen LogP contribution in [0.4, 0.5) is 0 Å². The van der Waals surface area contributed by atoms with Gasteiger partial charge >= 0.3 is 0 Å². The van der Waals surface area contributed by atoms with Crippen LogP contribution in [0.1, 0.15) is 32.1 Å². The third-order valence-corrected chi connectivity index (χ3v) is 5.43. The lowest BCUT2D eigenvalue weighted by molar-refractivity contribution is -0.126. The molecule has 3 N–H and O–H groups in total. The number of nitrogens with two attached hydrogens (primary N) is 1. The Morgan fingerprint density at radius 1 is 1.28 bits per heavy atom. The van der Waals surface area contributed by atoms with E-state index in [1.807, 2.05) is 7.05 Å². The van der Waals surface area contributed by atoms with Gasteiger partial charge in [-0.05, 0) is 50.5 Å². The van der Waals surface area contributed by atoms with Crippen molar-refractivity contribution in [3.05, 3.63) is 0 Å². The number of primary amides is 1. The molecule has 1 amide bonds. The van der Waals surface area contributed by atoms with Gasteiger partial charge in [0.05, 0.1) is 0 Å². The Morgan fingerprint density at radius 2 is 1.89 bits per heavy atom. The summed E-state index contributed by atoms with van der Waals surface area (Å²) >= 11 is 0. The summed E-state index contributed by atoms with van der Waals surface area (Å²) < 4.78 is 0. The van der Waals surface area contributed by atoms with Crippen LogP contribution in [-0.4, -0.2) is 43.0 Å². The zero-order valence-electron chi connectivity index (χ0n) is 11.3. The second-order valence-electron chi connectivity index (χ2n) is 6.51. The molecular formula is C14H25N3O. The fourth-order valence-corrected chi connectivity index (χ4v) is 4.20. The minimum absolute atomic E-state index is 0.162. The van der Waals surface area contributed by atoms with Gasteiger partial charge in [0.25, 0.3) is 0 Å². The summed E-state index contributed by atoms with van der Waals surface area (Å²) in [6, 6.07) is 0. The first-order valence-corrected chi connectivity index (χ1v) is 7.37. The number of nitrogens with one attached hydrogen (secondary N) is 1. The van der Waals surface area contributed by atoms with E-state index in [4.69, 9.17) is 5.73 Å². The minimum atomic E-state index is -0.474. The van der Waals surface area contributed by atoms with Crippen molar-refractivity contribution in [2.45, 2.75) is 37.6 Å². The molecule has 0 spiro atoms. The van der Waals surface area contributed by atoms with E-state index in [-0.39, 0.29) is 5.91 Å². The van der Waals surface area contributed by atoms with Crippen molar-refractivity contribution in [3.8, 4) is 0 Å². The molecule has 1 saturated heterocycles. The van der Waals surface area contributed by atoms with E-state index >= 15 is 0 Å². The van der Waals surface area contributed by atoms with Gasteiger partial charge in [0.2, 0.25) is 5.91 Å². The number of likely N-dealkylation sites (N-methyl/N-ethyl adjacent to an activating group) is 1. The van der Waals surface area contributed by atoms with Crippen molar-refractivity contribution < 1.29 is 4.79 Å². The summed E-state index contributed by atoms with van der Waals surface area (Å²) in [5, 5.41) is 3.25. The Hall–Kier alpha value is -0.610. The third kappa shape index (κ3) is 1.95. The first kappa shape index (κ1) is 12.4. The van der Waals surface area contributed by atoms with Crippen LogP contribution >= 0.6 is 0 Å². The van der Waals surface area contributed by atoms with Crippen molar-refractivity contribution in [2.24, 2.45) is 23.5 Å². The van der Waals surface area contributed by atoms with Gasteiger partial charge < -0.3 is 16.0 Å². The highest BCUT2D eigenvalue weighted by Gasteiger charge is 2.51. The molecule has 3 aliphatic rings. The summed E-state index contributed by atoms with van der Waals surface area (Å²) in [6.45, 7) is 3.17. The molecule has 102 valence electrons. The van der Waals surface area contributed by atoms with Crippen LogP contribution in [0.5, 0.6) is 0 Å². The normalized spacial score (nSPS) is 35.4. The maximum Gasteiger partial charge on any atom is 0.239 e. The fourth-order valence-electron chi connectivity index (χ4n) is 4.20. The molecule has 1 aliphatic heterocycles. The molecule has 1 heterocycles. The molecule has 18 heavy (non-hydrogen) atoms. The molecule has 0 bridgehead atoms. The topological polar surface area (TPSA) is 58.4 Å². The summed E-state index contributed by atoms with van der Waals surface area (Å²) in [5.74, 6) is 2.06. The average molecular weight is 251 g/mol. The Labute approximate surface area is 109 Å². The van der Waals surface area contributed by atoms with Crippen molar-refractivity contribution in [2.75, 3.05) is 26.7 Å².